The Labute approximate surface area is 217 Å². The number of nitrogens with zero attached hydrogens (tertiary/aromatic N) is 5. The van der Waals surface area contributed by atoms with Gasteiger partial charge in [-0.25, -0.2) is 14.3 Å². The second-order valence-electron chi connectivity index (χ2n) is 8.68. The number of hydrogen-bond donors (Lipinski definition) is 1. The van der Waals surface area contributed by atoms with Crippen LogP contribution in [-0.2, 0) is 40.7 Å². The number of aromatic nitrogens is 5. The molecule has 38 heavy (non-hydrogen) atoms. The minimum absolute atomic E-state index is 0.0574. The Bertz CT molecular complexity index is 1480. The van der Waals surface area contributed by atoms with Crippen LogP contribution in [0, 0.1) is 0 Å². The molecule has 1 amide bonds. The monoisotopic (exact) mass is 518 g/mol. The van der Waals surface area contributed by atoms with E-state index >= 15 is 0 Å². The first-order valence-electron chi connectivity index (χ1n) is 12.0. The Kier molecular flexibility index (Phi) is 7.71. The summed E-state index contributed by atoms with van der Waals surface area (Å²) < 4.78 is 14.0. The summed E-state index contributed by atoms with van der Waals surface area (Å²) in [5, 5.41) is 9.22. The Morgan fingerprint density at radius 2 is 1.71 bits per heavy atom. The fraction of sp³-hybridized carbons (Fsp3) is 0.269. The van der Waals surface area contributed by atoms with Gasteiger partial charge in [0.1, 0.15) is 18.5 Å². The first-order valence-corrected chi connectivity index (χ1v) is 12.0. The first kappa shape index (κ1) is 25.1. The zero-order valence-corrected chi connectivity index (χ0v) is 20.4. The number of carbonyl (C=O) groups is 1. The Morgan fingerprint density at radius 1 is 0.974 bits per heavy atom. The summed E-state index contributed by atoms with van der Waals surface area (Å²) in [7, 11) is 0. The van der Waals surface area contributed by atoms with Crippen molar-refractivity contribution >= 4 is 6.09 Å². The van der Waals surface area contributed by atoms with E-state index in [2.05, 4.69) is 15.3 Å². The van der Waals surface area contributed by atoms with Gasteiger partial charge in [0.15, 0.2) is 0 Å². The number of ether oxygens (including phenoxy) is 2. The number of nitrogens with one attached hydrogen (secondary N) is 1. The topological polar surface area (TPSA) is 134 Å². The van der Waals surface area contributed by atoms with Crippen LogP contribution in [0.5, 0.6) is 0 Å². The molecule has 5 rings (SSSR count). The zero-order valence-electron chi connectivity index (χ0n) is 20.4. The van der Waals surface area contributed by atoms with Gasteiger partial charge < -0.3 is 9.47 Å². The molecule has 0 aliphatic carbocycles. The van der Waals surface area contributed by atoms with E-state index < -0.39 is 23.5 Å². The number of hydrogen-bond acceptors (Lipinski definition) is 8. The Balaban J connectivity index is 1.21. The van der Waals surface area contributed by atoms with Crippen LogP contribution >= 0.6 is 0 Å². The lowest BCUT2D eigenvalue weighted by Gasteiger charge is -2.23. The van der Waals surface area contributed by atoms with Crippen LogP contribution in [0.2, 0.25) is 0 Å². The van der Waals surface area contributed by atoms with E-state index in [1.165, 1.54) is 10.8 Å². The highest BCUT2D eigenvalue weighted by Gasteiger charge is 2.34. The molecule has 1 unspecified atom stereocenters. The summed E-state index contributed by atoms with van der Waals surface area (Å²) in [5.74, 6) is 0. The number of hydroxylamine groups is 2. The fourth-order valence-corrected chi connectivity index (χ4v) is 4.04. The van der Waals surface area contributed by atoms with Crippen molar-refractivity contribution in [2.24, 2.45) is 0 Å². The minimum atomic E-state index is -0.778. The van der Waals surface area contributed by atoms with E-state index in [0.717, 1.165) is 16.2 Å². The number of benzene rings is 2. The van der Waals surface area contributed by atoms with Crippen molar-refractivity contribution in [3.05, 3.63) is 116 Å². The average molecular weight is 519 g/mol. The summed E-state index contributed by atoms with van der Waals surface area (Å²) in [6.45, 7) is 0.889. The van der Waals surface area contributed by atoms with Crippen molar-refractivity contribution in [1.29, 1.82) is 0 Å². The van der Waals surface area contributed by atoms with Crippen LogP contribution < -0.4 is 11.2 Å². The van der Waals surface area contributed by atoms with Gasteiger partial charge in [-0.3, -0.25) is 19.2 Å². The summed E-state index contributed by atoms with van der Waals surface area (Å²) >= 11 is 0. The maximum atomic E-state index is 12.7. The lowest BCUT2D eigenvalue weighted by Crippen LogP contribution is -2.40. The van der Waals surface area contributed by atoms with E-state index in [1.807, 2.05) is 60.7 Å². The summed E-state index contributed by atoms with van der Waals surface area (Å²) in [6.07, 6.45) is 1.99. The third-order valence-electron chi connectivity index (χ3n) is 5.91. The van der Waals surface area contributed by atoms with Crippen LogP contribution in [0.4, 0.5) is 4.79 Å². The quantitative estimate of drug-likeness (QED) is 0.357. The Hall–Kier alpha value is -4.55. The molecular weight excluding hydrogens is 492 g/mol. The van der Waals surface area contributed by atoms with Crippen LogP contribution in [0.25, 0.3) is 0 Å². The highest BCUT2D eigenvalue weighted by atomic mass is 16.7. The van der Waals surface area contributed by atoms with Crippen molar-refractivity contribution in [1.82, 2.24) is 29.6 Å². The van der Waals surface area contributed by atoms with Crippen molar-refractivity contribution in [2.75, 3.05) is 6.61 Å². The van der Waals surface area contributed by atoms with E-state index in [-0.39, 0.29) is 32.0 Å². The number of carbonyl (C=O) groups excluding carboxylic acids is 1. The summed E-state index contributed by atoms with van der Waals surface area (Å²) in [6, 6.07) is 19.1. The lowest BCUT2D eigenvalue weighted by atomic mass is 10.2. The summed E-state index contributed by atoms with van der Waals surface area (Å²) in [5.41, 5.74) is 1.48. The Morgan fingerprint density at radius 3 is 2.47 bits per heavy atom. The first-order chi connectivity index (χ1) is 18.6. The van der Waals surface area contributed by atoms with Gasteiger partial charge >= 0.3 is 11.8 Å². The predicted molar refractivity (Wildman–Crippen MR) is 133 cm³/mol. The number of aromatic amines is 1. The van der Waals surface area contributed by atoms with Gasteiger partial charge in [-0.15, -0.1) is 5.10 Å². The van der Waals surface area contributed by atoms with Crippen LogP contribution in [-0.4, -0.2) is 42.3 Å². The molecule has 12 heteroatoms. The number of rotatable bonds is 9. The number of amides is 1. The lowest BCUT2D eigenvalue weighted by molar-refractivity contribution is -0.126. The molecule has 0 spiro atoms. The second-order valence-corrected chi connectivity index (χ2v) is 8.68. The van der Waals surface area contributed by atoms with Gasteiger partial charge in [0.2, 0.25) is 0 Å². The third kappa shape index (κ3) is 6.05. The molecule has 1 N–H and O–H groups in total. The molecule has 1 aliphatic heterocycles. The predicted octanol–water partition coefficient (Wildman–Crippen LogP) is 2.37. The molecule has 2 aromatic heterocycles. The van der Waals surface area contributed by atoms with E-state index in [0.29, 0.717) is 18.7 Å². The minimum Gasteiger partial charge on any atom is -0.443 e. The molecule has 4 aromatic rings. The molecule has 1 fully saturated rings. The summed E-state index contributed by atoms with van der Waals surface area (Å²) in [4.78, 5) is 45.4. The molecule has 0 radical (unpaired) electrons. The van der Waals surface area contributed by atoms with Crippen LogP contribution in [0.15, 0.2) is 82.6 Å². The molecule has 1 atom stereocenters. The van der Waals surface area contributed by atoms with Crippen molar-refractivity contribution in [3.63, 3.8) is 0 Å². The van der Waals surface area contributed by atoms with Crippen molar-refractivity contribution < 1.29 is 19.1 Å². The molecule has 0 bridgehead atoms. The molecule has 12 nitrogen and oxygen atoms in total. The normalized spacial score (nSPS) is 15.1. The van der Waals surface area contributed by atoms with E-state index in [4.69, 9.17) is 14.3 Å². The molecular formula is C26H26N6O6. The van der Waals surface area contributed by atoms with Gasteiger partial charge in [0.25, 0.3) is 5.56 Å². The molecule has 2 aromatic carbocycles. The average Bonchev–Trinajstić information content (AvgIpc) is 3.60. The maximum absolute atomic E-state index is 12.7. The molecule has 1 saturated heterocycles. The van der Waals surface area contributed by atoms with E-state index in [9.17, 15) is 14.4 Å². The standard InChI is InChI=1S/C26H26N6O6/c33-24-21(17-36-18-22-15-30(29-28-22)13-19-7-3-1-4-8-19)14-31(25(34)27-24)23-11-12-38-32(23)26(35)37-16-20-9-5-2-6-10-20/h1-10,14-15,23H,11-13,16-18H2,(H,27,33,34). The largest absolute Gasteiger partial charge is 0.443 e. The fourth-order valence-electron chi connectivity index (χ4n) is 4.04. The second kappa shape index (κ2) is 11.7. The van der Waals surface area contributed by atoms with Crippen LogP contribution in [0.3, 0.4) is 0 Å². The SMILES string of the molecule is O=C(OCc1ccccc1)N1OCCC1n1cc(COCc2cn(Cc3ccccc3)nn2)c(=O)[nH]c1=O. The van der Waals surface area contributed by atoms with Gasteiger partial charge in [0.05, 0.1) is 38.1 Å². The van der Waals surface area contributed by atoms with Crippen molar-refractivity contribution in [2.45, 2.75) is 39.0 Å². The molecule has 0 saturated carbocycles. The van der Waals surface area contributed by atoms with Gasteiger partial charge in [0, 0.05) is 12.6 Å². The van der Waals surface area contributed by atoms with Crippen LogP contribution in [0.1, 0.15) is 35.0 Å². The van der Waals surface area contributed by atoms with Gasteiger partial charge in [-0.05, 0) is 11.1 Å². The highest BCUT2D eigenvalue weighted by molar-refractivity contribution is 5.66. The van der Waals surface area contributed by atoms with Gasteiger partial charge in [-0.2, -0.15) is 5.06 Å². The van der Waals surface area contributed by atoms with Crippen molar-refractivity contribution in [3.8, 4) is 0 Å². The maximum Gasteiger partial charge on any atom is 0.436 e. The van der Waals surface area contributed by atoms with Gasteiger partial charge in [-0.1, -0.05) is 65.9 Å². The molecule has 1 aliphatic rings. The van der Waals surface area contributed by atoms with E-state index in [1.54, 1.807) is 10.9 Å². The smallest absolute Gasteiger partial charge is 0.436 e. The highest BCUT2D eigenvalue weighted by Crippen LogP contribution is 2.24. The molecule has 196 valence electrons. The third-order valence-corrected chi connectivity index (χ3v) is 5.91. The number of H-pyrrole nitrogens is 1. The zero-order chi connectivity index (χ0) is 26.3. The molecule has 3 heterocycles.